The average Bonchev–Trinajstić information content (AvgIpc) is 3.26. The lowest BCUT2D eigenvalue weighted by Gasteiger charge is -2.26. The molecule has 0 fully saturated rings. The Kier molecular flexibility index (Phi) is 8.99. The van der Waals surface area contributed by atoms with Crippen LogP contribution in [0.2, 0.25) is 0 Å². The summed E-state index contributed by atoms with van der Waals surface area (Å²) < 4.78 is 0. The normalized spacial score (nSPS) is 11.0. The summed E-state index contributed by atoms with van der Waals surface area (Å²) >= 11 is 0. The van der Waals surface area contributed by atoms with Crippen LogP contribution in [0, 0.1) is 0 Å². The molecule has 2 heteroatoms. The number of hydrogen-bond acceptors (Lipinski definition) is 2. The van der Waals surface area contributed by atoms with Crippen molar-refractivity contribution in [1.29, 1.82) is 0 Å². The van der Waals surface area contributed by atoms with Gasteiger partial charge < -0.3 is 9.80 Å². The molecule has 9 aromatic carbocycles. The van der Waals surface area contributed by atoms with Gasteiger partial charge in [-0.2, -0.15) is 0 Å². The van der Waals surface area contributed by atoms with Crippen LogP contribution in [-0.4, -0.2) is 0 Å². The second-order valence-corrected chi connectivity index (χ2v) is 13.4. The molecule has 0 aromatic heterocycles. The second-order valence-electron chi connectivity index (χ2n) is 13.4. The smallest absolute Gasteiger partial charge is 0.0462 e. The Balaban J connectivity index is 1.10. The lowest BCUT2D eigenvalue weighted by atomic mass is 9.89. The minimum Gasteiger partial charge on any atom is -0.311 e. The van der Waals surface area contributed by atoms with E-state index in [9.17, 15) is 0 Å². The second kappa shape index (κ2) is 14.8. The summed E-state index contributed by atoms with van der Waals surface area (Å²) in [6.07, 6.45) is 0. The van der Waals surface area contributed by atoms with E-state index in [0.29, 0.717) is 0 Å². The highest BCUT2D eigenvalue weighted by molar-refractivity contribution is 6.04. The van der Waals surface area contributed by atoms with Crippen LogP contribution in [0.3, 0.4) is 0 Å². The SMILES string of the molecule is c1ccc(-c2ccc(N(c3ccccc3)c3ccc(-c4ccc5ccccc5c4-c4ccc(N(c5ccccc5)c5ccccc5)cc4)cc3)cc2)cc1. The summed E-state index contributed by atoms with van der Waals surface area (Å²) in [5.74, 6) is 0. The number of anilines is 6. The van der Waals surface area contributed by atoms with Gasteiger partial charge in [0.05, 0.1) is 0 Å². The largest absolute Gasteiger partial charge is 0.311 e. The first-order chi connectivity index (χ1) is 26.8. The third-order valence-corrected chi connectivity index (χ3v) is 10.1. The van der Waals surface area contributed by atoms with Gasteiger partial charge in [0.2, 0.25) is 0 Å². The fourth-order valence-corrected chi connectivity index (χ4v) is 7.45. The third-order valence-electron chi connectivity index (χ3n) is 10.1. The lowest BCUT2D eigenvalue weighted by molar-refractivity contribution is 1.28. The molecule has 2 nitrogen and oxygen atoms in total. The van der Waals surface area contributed by atoms with E-state index in [1.165, 1.54) is 44.2 Å². The Hall–Kier alpha value is -7.16. The number of para-hydroxylation sites is 3. The van der Waals surface area contributed by atoms with E-state index in [-0.39, 0.29) is 0 Å². The van der Waals surface area contributed by atoms with Crippen molar-refractivity contribution in [3.63, 3.8) is 0 Å². The highest BCUT2D eigenvalue weighted by Gasteiger charge is 2.17. The number of hydrogen-bond donors (Lipinski definition) is 0. The van der Waals surface area contributed by atoms with Crippen molar-refractivity contribution in [2.75, 3.05) is 9.80 Å². The Morgan fingerprint density at radius 2 is 0.574 bits per heavy atom. The highest BCUT2D eigenvalue weighted by Crippen LogP contribution is 2.42. The molecule has 0 amide bonds. The quantitative estimate of drug-likeness (QED) is 0.149. The molecule has 0 saturated carbocycles. The molecule has 0 spiro atoms. The molecule has 0 atom stereocenters. The summed E-state index contributed by atoms with van der Waals surface area (Å²) in [7, 11) is 0. The van der Waals surface area contributed by atoms with Crippen LogP contribution < -0.4 is 9.80 Å². The zero-order valence-corrected chi connectivity index (χ0v) is 29.8. The summed E-state index contributed by atoms with van der Waals surface area (Å²) in [6, 6.07) is 82.4. The van der Waals surface area contributed by atoms with Crippen LogP contribution in [0.25, 0.3) is 44.2 Å². The molecule has 0 radical (unpaired) electrons. The molecule has 0 aliphatic rings. The molecule has 0 unspecified atom stereocenters. The summed E-state index contributed by atoms with van der Waals surface area (Å²) in [5, 5.41) is 2.46. The zero-order chi connectivity index (χ0) is 36.1. The fourth-order valence-electron chi connectivity index (χ4n) is 7.45. The van der Waals surface area contributed by atoms with Crippen LogP contribution in [0.15, 0.2) is 231 Å². The van der Waals surface area contributed by atoms with E-state index in [1.807, 2.05) is 0 Å². The molecular weight excluding hydrogens is 653 g/mol. The van der Waals surface area contributed by atoms with Gasteiger partial charge in [-0.3, -0.25) is 0 Å². The first-order valence-corrected chi connectivity index (χ1v) is 18.4. The van der Waals surface area contributed by atoms with Crippen molar-refractivity contribution >= 4 is 44.9 Å². The molecule has 9 rings (SSSR count). The van der Waals surface area contributed by atoms with Crippen molar-refractivity contribution in [3.05, 3.63) is 231 Å². The van der Waals surface area contributed by atoms with Gasteiger partial charge in [0.15, 0.2) is 0 Å². The van der Waals surface area contributed by atoms with E-state index in [2.05, 4.69) is 240 Å². The molecule has 0 N–H and O–H groups in total. The van der Waals surface area contributed by atoms with Crippen LogP contribution in [0.4, 0.5) is 34.1 Å². The lowest BCUT2D eigenvalue weighted by Crippen LogP contribution is -2.09. The Bertz CT molecular complexity index is 2560. The Morgan fingerprint density at radius 1 is 0.222 bits per heavy atom. The molecule has 0 aliphatic heterocycles. The number of nitrogens with zero attached hydrogens (tertiary/aromatic N) is 2. The van der Waals surface area contributed by atoms with Gasteiger partial charge in [-0.1, -0.05) is 158 Å². The Morgan fingerprint density at radius 3 is 1.06 bits per heavy atom. The topological polar surface area (TPSA) is 6.48 Å². The van der Waals surface area contributed by atoms with Gasteiger partial charge in [-0.15, -0.1) is 0 Å². The monoisotopic (exact) mass is 690 g/mol. The van der Waals surface area contributed by atoms with Crippen LogP contribution in [0.1, 0.15) is 0 Å². The van der Waals surface area contributed by atoms with Crippen molar-refractivity contribution in [3.8, 4) is 33.4 Å². The molecule has 9 aromatic rings. The standard InChI is InChI=1S/C52H38N2/c1-5-15-39(16-6-1)40-25-32-47(33-26-40)54(46-22-11-4-12-23-46)48-34-27-42(28-35-48)51-38-31-41-17-13-14-24-50(41)52(51)43-29-36-49(37-30-43)53(44-18-7-2-8-19-44)45-20-9-3-10-21-45/h1-38H. The summed E-state index contributed by atoms with van der Waals surface area (Å²) in [5.41, 5.74) is 13.9. The maximum Gasteiger partial charge on any atom is 0.0462 e. The van der Waals surface area contributed by atoms with Crippen LogP contribution in [-0.2, 0) is 0 Å². The van der Waals surface area contributed by atoms with Gasteiger partial charge in [0, 0.05) is 34.1 Å². The molecular formula is C52H38N2. The maximum absolute atomic E-state index is 2.32. The average molecular weight is 691 g/mol. The van der Waals surface area contributed by atoms with Crippen molar-refractivity contribution in [2.24, 2.45) is 0 Å². The van der Waals surface area contributed by atoms with Gasteiger partial charge >= 0.3 is 0 Å². The minimum absolute atomic E-state index is 1.10. The van der Waals surface area contributed by atoms with Gasteiger partial charge in [0.25, 0.3) is 0 Å². The van der Waals surface area contributed by atoms with Crippen LogP contribution >= 0.6 is 0 Å². The first kappa shape index (κ1) is 32.7. The van der Waals surface area contributed by atoms with Gasteiger partial charge in [-0.05, 0) is 117 Å². The van der Waals surface area contributed by atoms with Gasteiger partial charge in [-0.25, -0.2) is 0 Å². The van der Waals surface area contributed by atoms with E-state index < -0.39 is 0 Å². The van der Waals surface area contributed by atoms with E-state index in [1.54, 1.807) is 0 Å². The predicted octanol–water partition coefficient (Wildman–Crippen LogP) is 14.8. The third kappa shape index (κ3) is 6.53. The van der Waals surface area contributed by atoms with Crippen molar-refractivity contribution in [1.82, 2.24) is 0 Å². The first-order valence-electron chi connectivity index (χ1n) is 18.4. The van der Waals surface area contributed by atoms with E-state index >= 15 is 0 Å². The maximum atomic E-state index is 2.32. The number of rotatable bonds is 9. The molecule has 256 valence electrons. The molecule has 0 saturated heterocycles. The van der Waals surface area contributed by atoms with Crippen molar-refractivity contribution < 1.29 is 0 Å². The Labute approximate surface area is 317 Å². The summed E-state index contributed by atoms with van der Waals surface area (Å²) in [6.45, 7) is 0. The fraction of sp³-hybridized carbons (Fsp3) is 0. The molecule has 54 heavy (non-hydrogen) atoms. The molecule has 0 bridgehead atoms. The summed E-state index contributed by atoms with van der Waals surface area (Å²) in [4.78, 5) is 4.63. The number of fused-ring (bicyclic) bond motifs is 1. The minimum atomic E-state index is 1.10. The molecule has 0 aliphatic carbocycles. The van der Waals surface area contributed by atoms with Crippen molar-refractivity contribution in [2.45, 2.75) is 0 Å². The van der Waals surface area contributed by atoms with Gasteiger partial charge in [0.1, 0.15) is 0 Å². The zero-order valence-electron chi connectivity index (χ0n) is 29.8. The predicted molar refractivity (Wildman–Crippen MR) is 230 cm³/mol. The molecule has 0 heterocycles. The van der Waals surface area contributed by atoms with E-state index in [0.717, 1.165) is 34.1 Å². The highest BCUT2D eigenvalue weighted by atomic mass is 15.1. The van der Waals surface area contributed by atoms with Crippen LogP contribution in [0.5, 0.6) is 0 Å². The number of benzene rings is 9. The van der Waals surface area contributed by atoms with E-state index in [4.69, 9.17) is 0 Å².